The fourth-order valence-corrected chi connectivity index (χ4v) is 7.63. The highest BCUT2D eigenvalue weighted by molar-refractivity contribution is 5.99. The molecule has 7 rings (SSSR count). The summed E-state index contributed by atoms with van der Waals surface area (Å²) in [5, 5.41) is 0. The van der Waals surface area contributed by atoms with Gasteiger partial charge in [-0.05, 0) is 103 Å². The van der Waals surface area contributed by atoms with E-state index >= 15 is 0 Å². The third kappa shape index (κ3) is 3.49. The predicted molar refractivity (Wildman–Crippen MR) is 142 cm³/mol. The SMILES string of the molecule is Cc1cc(C)c(CN2CCc3cc4c(c(C)c3C2=O)OC(C)(C23CCC(N(C)C)(CC2)CC3)O4)c(=O)[nH]1. The Balaban J connectivity index is 1.28. The van der Waals surface area contributed by atoms with E-state index in [0.29, 0.717) is 35.5 Å². The number of aromatic amines is 1. The van der Waals surface area contributed by atoms with Gasteiger partial charge in [0.1, 0.15) is 0 Å². The van der Waals surface area contributed by atoms with Crippen molar-refractivity contribution in [3.63, 3.8) is 0 Å². The maximum atomic E-state index is 13.7. The summed E-state index contributed by atoms with van der Waals surface area (Å²) in [6.07, 6.45) is 7.49. The van der Waals surface area contributed by atoms with Crippen molar-refractivity contribution in [2.45, 2.75) is 90.5 Å². The first-order chi connectivity index (χ1) is 17.5. The second kappa shape index (κ2) is 8.10. The molecular formula is C30H39N3O4. The quantitative estimate of drug-likeness (QED) is 0.655. The summed E-state index contributed by atoms with van der Waals surface area (Å²) in [6, 6.07) is 4.00. The monoisotopic (exact) mass is 505 g/mol. The Kier molecular flexibility index (Phi) is 5.37. The zero-order chi connectivity index (χ0) is 26.3. The molecule has 2 aromatic rings. The van der Waals surface area contributed by atoms with Gasteiger partial charge < -0.3 is 24.3 Å². The number of benzene rings is 1. The lowest BCUT2D eigenvalue weighted by molar-refractivity contribution is -0.211. The second-order valence-electron chi connectivity index (χ2n) is 12.3. The topological polar surface area (TPSA) is 74.9 Å². The third-order valence-corrected chi connectivity index (χ3v) is 10.3. The van der Waals surface area contributed by atoms with Crippen LogP contribution in [0.4, 0.5) is 0 Å². The molecule has 1 unspecified atom stereocenters. The maximum Gasteiger partial charge on any atom is 0.254 e. The number of ether oxygens (including phenoxy) is 2. The van der Waals surface area contributed by atoms with Crippen molar-refractivity contribution in [3.8, 4) is 11.5 Å². The molecule has 0 saturated heterocycles. The number of H-pyrrole nitrogens is 1. The molecule has 5 aliphatic rings. The van der Waals surface area contributed by atoms with Crippen LogP contribution >= 0.6 is 0 Å². The largest absolute Gasteiger partial charge is 0.448 e. The first-order valence-electron chi connectivity index (χ1n) is 13.7. The molecule has 198 valence electrons. The smallest absolute Gasteiger partial charge is 0.254 e. The van der Waals surface area contributed by atoms with Crippen molar-refractivity contribution in [1.82, 2.24) is 14.8 Å². The molecule has 1 N–H and O–H groups in total. The highest BCUT2D eigenvalue weighted by Gasteiger charge is 2.62. The van der Waals surface area contributed by atoms with E-state index in [2.05, 4.69) is 30.9 Å². The molecule has 2 bridgehead atoms. The number of fused-ring (bicyclic) bond motifs is 5. The summed E-state index contributed by atoms with van der Waals surface area (Å²) in [7, 11) is 4.42. The summed E-state index contributed by atoms with van der Waals surface area (Å²) >= 11 is 0. The summed E-state index contributed by atoms with van der Waals surface area (Å²) in [5.74, 6) is 0.723. The van der Waals surface area contributed by atoms with Gasteiger partial charge in [0.25, 0.3) is 17.3 Å². The predicted octanol–water partition coefficient (Wildman–Crippen LogP) is 4.64. The zero-order valence-corrected chi connectivity index (χ0v) is 23.0. The average Bonchev–Trinajstić information content (AvgIpc) is 3.22. The van der Waals surface area contributed by atoms with E-state index in [1.54, 1.807) is 4.90 Å². The Labute approximate surface area is 219 Å². The van der Waals surface area contributed by atoms with E-state index in [9.17, 15) is 9.59 Å². The van der Waals surface area contributed by atoms with Crippen molar-refractivity contribution in [2.24, 2.45) is 5.41 Å². The van der Waals surface area contributed by atoms with E-state index in [-0.39, 0.29) is 16.9 Å². The van der Waals surface area contributed by atoms with Crippen molar-refractivity contribution < 1.29 is 14.3 Å². The fourth-order valence-electron chi connectivity index (χ4n) is 7.63. The molecule has 1 aromatic carbocycles. The Bertz CT molecular complexity index is 1340. The second-order valence-corrected chi connectivity index (χ2v) is 12.3. The lowest BCUT2D eigenvalue weighted by atomic mass is 9.54. The van der Waals surface area contributed by atoms with Crippen LogP contribution in [0.3, 0.4) is 0 Å². The molecule has 3 fully saturated rings. The van der Waals surface area contributed by atoms with Crippen LogP contribution in [-0.2, 0) is 13.0 Å². The van der Waals surface area contributed by atoms with Crippen LogP contribution in [0.1, 0.15) is 83.8 Å². The van der Waals surface area contributed by atoms with Gasteiger partial charge in [0.05, 0.1) is 6.54 Å². The Morgan fingerprint density at radius 2 is 1.68 bits per heavy atom. The Morgan fingerprint density at radius 3 is 2.30 bits per heavy atom. The van der Waals surface area contributed by atoms with Crippen LogP contribution < -0.4 is 15.0 Å². The average molecular weight is 506 g/mol. The van der Waals surface area contributed by atoms with Gasteiger partial charge in [0, 0.05) is 46.8 Å². The van der Waals surface area contributed by atoms with E-state index < -0.39 is 5.79 Å². The van der Waals surface area contributed by atoms with Gasteiger partial charge in [-0.2, -0.15) is 0 Å². The molecule has 0 spiro atoms. The van der Waals surface area contributed by atoms with Crippen LogP contribution in [0.5, 0.6) is 11.5 Å². The number of amides is 1. The van der Waals surface area contributed by atoms with Crippen LogP contribution in [0.15, 0.2) is 16.9 Å². The van der Waals surface area contributed by atoms with Crippen LogP contribution in [0.25, 0.3) is 0 Å². The fraction of sp³-hybridized carbons (Fsp3) is 0.600. The van der Waals surface area contributed by atoms with E-state index in [1.807, 2.05) is 32.9 Å². The molecule has 7 nitrogen and oxygen atoms in total. The number of nitrogens with one attached hydrogen (secondary N) is 1. The van der Waals surface area contributed by atoms with Gasteiger partial charge in [-0.3, -0.25) is 9.59 Å². The van der Waals surface area contributed by atoms with Crippen LogP contribution in [0.2, 0.25) is 0 Å². The highest BCUT2D eigenvalue weighted by atomic mass is 16.7. The summed E-state index contributed by atoms with van der Waals surface area (Å²) < 4.78 is 13.4. The Morgan fingerprint density at radius 1 is 1.00 bits per heavy atom. The minimum absolute atomic E-state index is 0.0171. The molecule has 3 saturated carbocycles. The zero-order valence-electron chi connectivity index (χ0n) is 23.0. The van der Waals surface area contributed by atoms with Crippen LogP contribution in [0, 0.1) is 26.2 Å². The minimum Gasteiger partial charge on any atom is -0.448 e. The number of carbonyl (C=O) groups excluding carboxylic acids is 1. The number of nitrogens with zero attached hydrogens (tertiary/aromatic N) is 2. The van der Waals surface area contributed by atoms with Crippen molar-refractivity contribution >= 4 is 5.91 Å². The molecule has 1 atom stereocenters. The standard InChI is InChI=1S/C30H39N3O4/c1-18-15-19(2)31-26(34)22(18)17-33-14-7-21-16-23-25(20(3)24(21)27(33)35)37-28(4,36-23)29-8-11-30(12-9-29,13-10-29)32(5)6/h15-16H,7-14,17H2,1-6H3,(H,31,34). The molecule has 2 aliphatic heterocycles. The molecule has 1 aromatic heterocycles. The van der Waals surface area contributed by atoms with Crippen LogP contribution in [-0.4, -0.2) is 52.7 Å². The number of carbonyl (C=O) groups is 1. The number of aromatic nitrogens is 1. The summed E-state index contributed by atoms with van der Waals surface area (Å²) in [6.45, 7) is 8.78. The van der Waals surface area contributed by atoms with Gasteiger partial charge in [0.15, 0.2) is 11.5 Å². The van der Waals surface area contributed by atoms with Crippen molar-refractivity contribution in [1.29, 1.82) is 0 Å². The first kappa shape index (κ1) is 24.5. The third-order valence-electron chi connectivity index (χ3n) is 10.3. The molecule has 0 radical (unpaired) electrons. The first-order valence-corrected chi connectivity index (χ1v) is 13.7. The highest BCUT2D eigenvalue weighted by Crippen LogP contribution is 2.62. The number of hydrogen-bond donors (Lipinski definition) is 1. The molecule has 37 heavy (non-hydrogen) atoms. The lowest BCUT2D eigenvalue weighted by Crippen LogP contribution is -2.62. The number of pyridine rings is 1. The normalized spacial score (nSPS) is 30.2. The van der Waals surface area contributed by atoms with E-state index in [1.165, 1.54) is 19.3 Å². The van der Waals surface area contributed by atoms with Gasteiger partial charge >= 0.3 is 0 Å². The van der Waals surface area contributed by atoms with E-state index in [4.69, 9.17) is 9.47 Å². The molecule has 3 aliphatic carbocycles. The number of hydrogen-bond acceptors (Lipinski definition) is 5. The molecule has 7 heteroatoms. The van der Waals surface area contributed by atoms with E-state index in [0.717, 1.165) is 53.8 Å². The van der Waals surface area contributed by atoms with Gasteiger partial charge in [0.2, 0.25) is 0 Å². The number of rotatable bonds is 4. The minimum atomic E-state index is -0.724. The lowest BCUT2D eigenvalue weighted by Gasteiger charge is -2.59. The Hall–Kier alpha value is -2.80. The molecule has 1 amide bonds. The molecule has 3 heterocycles. The van der Waals surface area contributed by atoms with Crippen molar-refractivity contribution in [2.75, 3.05) is 20.6 Å². The molecular weight excluding hydrogens is 466 g/mol. The van der Waals surface area contributed by atoms with Gasteiger partial charge in [-0.1, -0.05) is 0 Å². The summed E-state index contributed by atoms with van der Waals surface area (Å²) in [4.78, 5) is 33.4. The maximum absolute atomic E-state index is 13.7. The summed E-state index contributed by atoms with van der Waals surface area (Å²) in [5.41, 5.74) is 5.13. The van der Waals surface area contributed by atoms with Crippen molar-refractivity contribution in [3.05, 3.63) is 56.0 Å². The number of aryl methyl sites for hydroxylation is 2. The van der Waals surface area contributed by atoms with Gasteiger partial charge in [-0.15, -0.1) is 0 Å². The van der Waals surface area contributed by atoms with Gasteiger partial charge in [-0.25, -0.2) is 0 Å².